The van der Waals surface area contributed by atoms with Crippen LogP contribution in [0.2, 0.25) is 0 Å². The lowest BCUT2D eigenvalue weighted by molar-refractivity contribution is 0.224. The van der Waals surface area contributed by atoms with Crippen LogP contribution in [-0.4, -0.2) is 31.6 Å². The fourth-order valence-corrected chi connectivity index (χ4v) is 2.29. The molecule has 3 nitrogen and oxygen atoms in total. The fourth-order valence-electron chi connectivity index (χ4n) is 2.29. The van der Waals surface area contributed by atoms with Crippen molar-refractivity contribution in [1.82, 2.24) is 4.90 Å². The molecule has 2 rings (SSSR count). The Morgan fingerprint density at radius 2 is 2.29 bits per heavy atom. The molecule has 0 spiro atoms. The average Bonchev–Trinajstić information content (AvgIpc) is 2.73. The maximum atomic E-state index is 12.1. The molecule has 0 aliphatic carbocycles. The number of urea groups is 1. The minimum absolute atomic E-state index is 0.0558. The van der Waals surface area contributed by atoms with E-state index in [1.54, 1.807) is 19.0 Å². The number of hydrogen-bond donors (Lipinski definition) is 0. The number of anilines is 1. The van der Waals surface area contributed by atoms with Gasteiger partial charge < -0.3 is 4.90 Å². The van der Waals surface area contributed by atoms with Crippen LogP contribution in [0.25, 0.3) is 0 Å². The van der Waals surface area contributed by atoms with Crippen LogP contribution in [-0.2, 0) is 12.8 Å². The van der Waals surface area contributed by atoms with Gasteiger partial charge in [-0.25, -0.2) is 4.79 Å². The molecule has 3 heteroatoms. The van der Waals surface area contributed by atoms with Crippen LogP contribution >= 0.6 is 0 Å². The van der Waals surface area contributed by atoms with E-state index < -0.39 is 0 Å². The van der Waals surface area contributed by atoms with Gasteiger partial charge in [0.25, 0.3) is 0 Å². The molecule has 0 saturated carbocycles. The summed E-state index contributed by atoms with van der Waals surface area (Å²) >= 11 is 0. The number of carbonyl (C=O) groups is 1. The highest BCUT2D eigenvalue weighted by atomic mass is 16.2. The Hall–Kier alpha value is -1.77. The molecule has 0 fully saturated rings. The predicted octanol–water partition coefficient (Wildman–Crippen LogP) is 2.46. The number of fused-ring (bicyclic) bond motifs is 1. The van der Waals surface area contributed by atoms with Crippen molar-refractivity contribution in [2.45, 2.75) is 12.8 Å². The standard InChI is InChI=1S/C14H18N2O/c1-4-6-11-7-5-8-12-9-10-16(13(11)12)14(17)15(2)3/h4-5,7-8H,1,6,9-10H2,2-3H3. The van der Waals surface area contributed by atoms with Gasteiger partial charge in [0, 0.05) is 20.6 Å². The monoisotopic (exact) mass is 230 g/mol. The zero-order valence-electron chi connectivity index (χ0n) is 10.4. The second-order valence-electron chi connectivity index (χ2n) is 4.50. The van der Waals surface area contributed by atoms with Gasteiger partial charge in [0.05, 0.1) is 5.69 Å². The molecule has 0 N–H and O–H groups in total. The van der Waals surface area contributed by atoms with Crippen LogP contribution in [0, 0.1) is 0 Å². The normalized spacial score (nSPS) is 13.4. The van der Waals surface area contributed by atoms with Gasteiger partial charge in [0.2, 0.25) is 0 Å². The largest absolute Gasteiger partial charge is 0.330 e. The molecule has 2 amide bonds. The first kappa shape index (κ1) is 11.7. The molecule has 1 aromatic rings. The summed E-state index contributed by atoms with van der Waals surface area (Å²) < 4.78 is 0. The van der Waals surface area contributed by atoms with Gasteiger partial charge >= 0.3 is 6.03 Å². The molecular formula is C14H18N2O. The smallest absolute Gasteiger partial charge is 0.323 e. The fraction of sp³-hybridized carbons (Fsp3) is 0.357. The van der Waals surface area contributed by atoms with E-state index in [-0.39, 0.29) is 6.03 Å². The summed E-state index contributed by atoms with van der Waals surface area (Å²) in [7, 11) is 3.58. The zero-order chi connectivity index (χ0) is 12.4. The van der Waals surface area contributed by atoms with Crippen LogP contribution in [0.4, 0.5) is 10.5 Å². The van der Waals surface area contributed by atoms with Crippen molar-refractivity contribution in [2.75, 3.05) is 25.5 Å². The number of para-hydroxylation sites is 1. The second-order valence-corrected chi connectivity index (χ2v) is 4.50. The molecule has 0 bridgehead atoms. The number of benzene rings is 1. The van der Waals surface area contributed by atoms with Crippen molar-refractivity contribution in [3.8, 4) is 0 Å². The number of rotatable bonds is 2. The molecule has 0 atom stereocenters. The number of allylic oxidation sites excluding steroid dienone is 1. The van der Waals surface area contributed by atoms with Crippen molar-refractivity contribution in [3.63, 3.8) is 0 Å². The van der Waals surface area contributed by atoms with E-state index >= 15 is 0 Å². The Balaban J connectivity index is 2.41. The lowest BCUT2D eigenvalue weighted by Crippen LogP contribution is -2.38. The molecule has 0 unspecified atom stereocenters. The van der Waals surface area contributed by atoms with Crippen molar-refractivity contribution in [3.05, 3.63) is 42.0 Å². The maximum Gasteiger partial charge on any atom is 0.323 e. The molecule has 1 aliphatic heterocycles. The lowest BCUT2D eigenvalue weighted by Gasteiger charge is -2.23. The summed E-state index contributed by atoms with van der Waals surface area (Å²) in [6, 6.07) is 6.29. The molecule has 17 heavy (non-hydrogen) atoms. The molecule has 1 aromatic carbocycles. The Kier molecular flexibility index (Phi) is 3.18. The highest BCUT2D eigenvalue weighted by Gasteiger charge is 2.27. The summed E-state index contributed by atoms with van der Waals surface area (Å²) in [5.41, 5.74) is 3.54. The lowest BCUT2D eigenvalue weighted by atomic mass is 10.0. The molecule has 1 aliphatic rings. The third-order valence-corrected chi connectivity index (χ3v) is 3.06. The van der Waals surface area contributed by atoms with E-state index in [1.165, 1.54) is 11.1 Å². The number of amides is 2. The Bertz CT molecular complexity index is 452. The number of hydrogen-bond acceptors (Lipinski definition) is 1. The molecule has 1 heterocycles. The molecule has 0 saturated heterocycles. The molecular weight excluding hydrogens is 212 g/mol. The topological polar surface area (TPSA) is 23.6 Å². The first-order valence-corrected chi connectivity index (χ1v) is 5.85. The Labute approximate surface area is 102 Å². The van der Waals surface area contributed by atoms with E-state index in [2.05, 4.69) is 24.8 Å². The van der Waals surface area contributed by atoms with Crippen LogP contribution in [0.1, 0.15) is 11.1 Å². The number of carbonyl (C=O) groups excluding carboxylic acids is 1. The summed E-state index contributed by atoms with van der Waals surface area (Å²) in [6.07, 6.45) is 3.63. The summed E-state index contributed by atoms with van der Waals surface area (Å²) in [6.45, 7) is 4.55. The molecule has 0 radical (unpaired) electrons. The van der Waals surface area contributed by atoms with Gasteiger partial charge in [-0.15, -0.1) is 6.58 Å². The SMILES string of the molecule is C=CCc1cccc2c1N(C(=O)N(C)C)CC2. The van der Waals surface area contributed by atoms with Crippen molar-refractivity contribution >= 4 is 11.7 Å². The number of nitrogens with zero attached hydrogens (tertiary/aromatic N) is 2. The third-order valence-electron chi connectivity index (χ3n) is 3.06. The Morgan fingerprint density at radius 1 is 1.53 bits per heavy atom. The first-order chi connectivity index (χ1) is 8.15. The van der Waals surface area contributed by atoms with Gasteiger partial charge in [-0.2, -0.15) is 0 Å². The highest BCUT2D eigenvalue weighted by Crippen LogP contribution is 2.32. The van der Waals surface area contributed by atoms with E-state index in [0.29, 0.717) is 0 Å². The quantitative estimate of drug-likeness (QED) is 0.716. The summed E-state index contributed by atoms with van der Waals surface area (Å²) in [5.74, 6) is 0. The van der Waals surface area contributed by atoms with Crippen molar-refractivity contribution in [2.24, 2.45) is 0 Å². The van der Waals surface area contributed by atoms with E-state index in [1.807, 2.05) is 11.0 Å². The third kappa shape index (κ3) is 2.05. The predicted molar refractivity (Wildman–Crippen MR) is 70.5 cm³/mol. The molecule has 0 aromatic heterocycles. The minimum atomic E-state index is 0.0558. The van der Waals surface area contributed by atoms with Gasteiger partial charge in [0.1, 0.15) is 0 Å². The highest BCUT2D eigenvalue weighted by molar-refractivity contribution is 5.95. The average molecular weight is 230 g/mol. The second kappa shape index (κ2) is 4.62. The van der Waals surface area contributed by atoms with Crippen molar-refractivity contribution in [1.29, 1.82) is 0 Å². The van der Waals surface area contributed by atoms with E-state index in [4.69, 9.17) is 0 Å². The minimum Gasteiger partial charge on any atom is -0.330 e. The zero-order valence-corrected chi connectivity index (χ0v) is 10.4. The Morgan fingerprint density at radius 3 is 2.94 bits per heavy atom. The van der Waals surface area contributed by atoms with Crippen LogP contribution < -0.4 is 4.90 Å². The summed E-state index contributed by atoms with van der Waals surface area (Å²) in [4.78, 5) is 15.6. The van der Waals surface area contributed by atoms with Crippen molar-refractivity contribution < 1.29 is 4.79 Å². The van der Waals surface area contributed by atoms with E-state index in [0.717, 1.165) is 25.1 Å². The molecule has 90 valence electrons. The van der Waals surface area contributed by atoms with Crippen LogP contribution in [0.5, 0.6) is 0 Å². The van der Waals surface area contributed by atoms with Gasteiger partial charge in [-0.1, -0.05) is 24.3 Å². The van der Waals surface area contributed by atoms with Gasteiger partial charge in [-0.05, 0) is 24.0 Å². The maximum absolute atomic E-state index is 12.1. The van der Waals surface area contributed by atoms with Crippen LogP contribution in [0.3, 0.4) is 0 Å². The van der Waals surface area contributed by atoms with Gasteiger partial charge in [-0.3, -0.25) is 4.90 Å². The summed E-state index contributed by atoms with van der Waals surface area (Å²) in [5, 5.41) is 0. The van der Waals surface area contributed by atoms with Crippen LogP contribution in [0.15, 0.2) is 30.9 Å². The van der Waals surface area contributed by atoms with E-state index in [9.17, 15) is 4.79 Å². The first-order valence-electron chi connectivity index (χ1n) is 5.85. The van der Waals surface area contributed by atoms with Gasteiger partial charge in [0.15, 0.2) is 0 Å².